The van der Waals surface area contributed by atoms with E-state index in [1.165, 1.54) is 0 Å². The molecule has 0 fully saturated rings. The lowest BCUT2D eigenvalue weighted by Gasteiger charge is -2.08. The van der Waals surface area contributed by atoms with Gasteiger partial charge in [-0.2, -0.15) is 0 Å². The van der Waals surface area contributed by atoms with Crippen molar-refractivity contribution in [3.63, 3.8) is 0 Å². The SMILES string of the molecule is CCC(=O)CC(=O)OC1C=CCC1. The molecule has 0 heterocycles. The van der Waals surface area contributed by atoms with Crippen molar-refractivity contribution in [1.82, 2.24) is 0 Å². The Kier molecular flexibility index (Phi) is 3.68. The molecule has 0 saturated heterocycles. The molecule has 72 valence electrons. The predicted molar refractivity (Wildman–Crippen MR) is 48.2 cm³/mol. The summed E-state index contributed by atoms with van der Waals surface area (Å²) in [6.45, 7) is 1.74. The summed E-state index contributed by atoms with van der Waals surface area (Å²) in [6.07, 6.45) is 5.88. The fourth-order valence-electron chi connectivity index (χ4n) is 1.20. The van der Waals surface area contributed by atoms with E-state index in [0.717, 1.165) is 12.8 Å². The first kappa shape index (κ1) is 9.96. The molecule has 3 heteroatoms. The Balaban J connectivity index is 2.24. The Morgan fingerprint density at radius 2 is 2.31 bits per heavy atom. The summed E-state index contributed by atoms with van der Waals surface area (Å²) >= 11 is 0. The topological polar surface area (TPSA) is 43.4 Å². The smallest absolute Gasteiger partial charge is 0.313 e. The lowest BCUT2D eigenvalue weighted by Crippen LogP contribution is -2.16. The number of esters is 1. The van der Waals surface area contributed by atoms with Gasteiger partial charge in [0.25, 0.3) is 0 Å². The Morgan fingerprint density at radius 3 is 2.85 bits per heavy atom. The molecule has 1 unspecified atom stereocenters. The molecule has 0 radical (unpaired) electrons. The van der Waals surface area contributed by atoms with Crippen LogP contribution in [0.25, 0.3) is 0 Å². The van der Waals surface area contributed by atoms with Gasteiger partial charge in [0.15, 0.2) is 0 Å². The van der Waals surface area contributed by atoms with Crippen molar-refractivity contribution < 1.29 is 14.3 Å². The van der Waals surface area contributed by atoms with Crippen molar-refractivity contribution in [2.45, 2.75) is 38.7 Å². The fraction of sp³-hybridized carbons (Fsp3) is 0.600. The summed E-state index contributed by atoms with van der Waals surface area (Å²) < 4.78 is 5.04. The van der Waals surface area contributed by atoms with Crippen molar-refractivity contribution >= 4 is 11.8 Å². The third-order valence-corrected chi connectivity index (χ3v) is 1.99. The number of carbonyl (C=O) groups excluding carboxylic acids is 2. The molecule has 1 atom stereocenters. The average Bonchev–Trinajstić information content (AvgIpc) is 2.56. The molecule has 1 aliphatic rings. The molecule has 0 spiro atoms. The molecule has 0 aromatic rings. The van der Waals surface area contributed by atoms with Crippen LogP contribution in [-0.4, -0.2) is 17.9 Å². The van der Waals surface area contributed by atoms with Gasteiger partial charge in [0, 0.05) is 6.42 Å². The first-order chi connectivity index (χ1) is 6.22. The number of hydrogen-bond acceptors (Lipinski definition) is 3. The van der Waals surface area contributed by atoms with Crippen LogP contribution in [0.3, 0.4) is 0 Å². The van der Waals surface area contributed by atoms with E-state index in [0.29, 0.717) is 6.42 Å². The second-order valence-electron chi connectivity index (χ2n) is 3.10. The number of Topliss-reactive ketones (excluding diaryl/α,β-unsaturated/α-hetero) is 1. The van der Waals surface area contributed by atoms with Crippen molar-refractivity contribution in [2.75, 3.05) is 0 Å². The molecule has 0 N–H and O–H groups in total. The van der Waals surface area contributed by atoms with Crippen LogP contribution < -0.4 is 0 Å². The van der Waals surface area contributed by atoms with Crippen LogP contribution in [0.1, 0.15) is 32.6 Å². The highest BCUT2D eigenvalue weighted by Crippen LogP contribution is 2.13. The Labute approximate surface area is 77.8 Å². The molecule has 0 aromatic heterocycles. The Hall–Kier alpha value is -1.12. The van der Waals surface area contributed by atoms with E-state index in [2.05, 4.69) is 0 Å². The number of ketones is 1. The van der Waals surface area contributed by atoms with E-state index in [9.17, 15) is 9.59 Å². The van der Waals surface area contributed by atoms with E-state index in [-0.39, 0.29) is 18.3 Å². The van der Waals surface area contributed by atoms with Crippen molar-refractivity contribution in [3.05, 3.63) is 12.2 Å². The molecule has 13 heavy (non-hydrogen) atoms. The van der Waals surface area contributed by atoms with Crippen molar-refractivity contribution in [2.24, 2.45) is 0 Å². The lowest BCUT2D eigenvalue weighted by atomic mass is 10.2. The normalized spacial score (nSPS) is 20.2. The minimum Gasteiger partial charge on any atom is -0.458 e. The third-order valence-electron chi connectivity index (χ3n) is 1.99. The number of carbonyl (C=O) groups is 2. The van der Waals surface area contributed by atoms with E-state index >= 15 is 0 Å². The van der Waals surface area contributed by atoms with Crippen molar-refractivity contribution in [1.29, 1.82) is 0 Å². The van der Waals surface area contributed by atoms with E-state index in [1.807, 2.05) is 12.2 Å². The first-order valence-corrected chi connectivity index (χ1v) is 4.60. The van der Waals surface area contributed by atoms with Gasteiger partial charge in [-0.1, -0.05) is 13.0 Å². The maximum absolute atomic E-state index is 11.1. The third kappa shape index (κ3) is 3.40. The number of rotatable bonds is 4. The lowest BCUT2D eigenvalue weighted by molar-refractivity contribution is -0.148. The van der Waals surface area contributed by atoms with Gasteiger partial charge in [-0.25, -0.2) is 0 Å². The van der Waals surface area contributed by atoms with Gasteiger partial charge in [-0.3, -0.25) is 9.59 Å². The average molecular weight is 182 g/mol. The zero-order valence-electron chi connectivity index (χ0n) is 7.79. The van der Waals surface area contributed by atoms with E-state index in [1.54, 1.807) is 6.92 Å². The van der Waals surface area contributed by atoms with Crippen LogP contribution in [0.15, 0.2) is 12.2 Å². The minimum atomic E-state index is -0.400. The zero-order valence-corrected chi connectivity index (χ0v) is 7.79. The molecule has 0 amide bonds. The van der Waals surface area contributed by atoms with Crippen LogP contribution in [0.4, 0.5) is 0 Å². The van der Waals surface area contributed by atoms with Crippen LogP contribution in [-0.2, 0) is 14.3 Å². The maximum Gasteiger partial charge on any atom is 0.313 e. The largest absolute Gasteiger partial charge is 0.458 e. The van der Waals surface area contributed by atoms with Gasteiger partial charge < -0.3 is 4.74 Å². The second-order valence-corrected chi connectivity index (χ2v) is 3.10. The number of allylic oxidation sites excluding steroid dienone is 1. The highest BCUT2D eigenvalue weighted by Gasteiger charge is 2.15. The monoisotopic (exact) mass is 182 g/mol. The van der Waals surface area contributed by atoms with E-state index < -0.39 is 5.97 Å². The second kappa shape index (κ2) is 4.80. The molecular weight excluding hydrogens is 168 g/mol. The summed E-state index contributed by atoms with van der Waals surface area (Å²) in [7, 11) is 0. The van der Waals surface area contributed by atoms with Crippen LogP contribution in [0, 0.1) is 0 Å². The van der Waals surface area contributed by atoms with Gasteiger partial charge in [-0.15, -0.1) is 0 Å². The van der Waals surface area contributed by atoms with Crippen molar-refractivity contribution in [3.8, 4) is 0 Å². The molecule has 3 nitrogen and oxygen atoms in total. The molecule has 0 aliphatic heterocycles. The Morgan fingerprint density at radius 1 is 1.54 bits per heavy atom. The minimum absolute atomic E-state index is 0.0630. The van der Waals surface area contributed by atoms with Gasteiger partial charge >= 0.3 is 5.97 Å². The predicted octanol–water partition coefficient (Wildman–Crippen LogP) is 1.62. The van der Waals surface area contributed by atoms with Gasteiger partial charge in [0.05, 0.1) is 0 Å². The zero-order chi connectivity index (χ0) is 9.68. The van der Waals surface area contributed by atoms with Crippen LogP contribution in [0.5, 0.6) is 0 Å². The number of hydrogen-bond donors (Lipinski definition) is 0. The standard InChI is InChI=1S/C10H14O3/c1-2-8(11)7-10(12)13-9-5-3-4-6-9/h3,5,9H,2,4,6-7H2,1H3. The summed E-state index contributed by atoms with van der Waals surface area (Å²) in [6, 6.07) is 0. The van der Waals surface area contributed by atoms with Gasteiger partial charge in [0.1, 0.15) is 18.3 Å². The molecule has 0 saturated carbocycles. The Bertz CT molecular complexity index is 230. The maximum atomic E-state index is 11.1. The summed E-state index contributed by atoms with van der Waals surface area (Å²) in [5, 5.41) is 0. The number of ether oxygens (including phenoxy) is 1. The van der Waals surface area contributed by atoms with Crippen LogP contribution >= 0.6 is 0 Å². The molecule has 1 rings (SSSR count). The van der Waals surface area contributed by atoms with Gasteiger partial charge in [0.2, 0.25) is 0 Å². The first-order valence-electron chi connectivity index (χ1n) is 4.60. The van der Waals surface area contributed by atoms with E-state index in [4.69, 9.17) is 4.74 Å². The highest BCUT2D eigenvalue weighted by molar-refractivity contribution is 5.95. The molecular formula is C10H14O3. The molecule has 0 aromatic carbocycles. The molecule has 0 bridgehead atoms. The molecule has 1 aliphatic carbocycles. The summed E-state index contributed by atoms with van der Waals surface area (Å²) in [4.78, 5) is 22.0. The summed E-state index contributed by atoms with van der Waals surface area (Å²) in [5.41, 5.74) is 0. The highest BCUT2D eigenvalue weighted by atomic mass is 16.5. The van der Waals surface area contributed by atoms with Gasteiger partial charge in [-0.05, 0) is 18.9 Å². The quantitative estimate of drug-likeness (QED) is 0.377. The summed E-state index contributed by atoms with van der Waals surface area (Å²) in [5.74, 6) is -0.463. The van der Waals surface area contributed by atoms with Crippen LogP contribution in [0.2, 0.25) is 0 Å². The fourth-order valence-corrected chi connectivity index (χ4v) is 1.20.